The smallest absolute Gasteiger partial charge is 0.137 e. The summed E-state index contributed by atoms with van der Waals surface area (Å²) >= 11 is 0. The Labute approximate surface area is 246 Å². The van der Waals surface area contributed by atoms with E-state index in [0.29, 0.717) is 0 Å². The van der Waals surface area contributed by atoms with Crippen molar-refractivity contribution in [2.24, 2.45) is 0 Å². The summed E-state index contributed by atoms with van der Waals surface area (Å²) in [5.41, 5.74) is 8.85. The highest BCUT2D eigenvalue weighted by molar-refractivity contribution is 6.21. The number of rotatable bonds is 2. The van der Waals surface area contributed by atoms with Crippen LogP contribution in [0.25, 0.3) is 87.7 Å². The van der Waals surface area contributed by atoms with Gasteiger partial charge >= 0.3 is 0 Å². The van der Waals surface area contributed by atoms with Gasteiger partial charge in [0.2, 0.25) is 0 Å². The molecule has 0 aliphatic carbocycles. The number of aromatic nitrogens is 2. The minimum Gasteiger partial charge on any atom is -0.456 e. The molecule has 0 fully saturated rings. The van der Waals surface area contributed by atoms with Crippen LogP contribution in [0, 0.1) is 0 Å². The third-order valence-electron chi connectivity index (χ3n) is 9.06. The fourth-order valence-electron chi connectivity index (χ4n) is 7.23. The number of furan rings is 1. The summed E-state index contributed by atoms with van der Waals surface area (Å²) in [6, 6.07) is 52.3. The lowest BCUT2D eigenvalue weighted by Crippen LogP contribution is -1.96. The molecule has 0 spiro atoms. The third-order valence-corrected chi connectivity index (χ3v) is 9.06. The first kappa shape index (κ1) is 22.8. The first-order chi connectivity index (χ1) is 21.3. The lowest BCUT2D eigenvalue weighted by molar-refractivity contribution is 0.669. The molecule has 0 aliphatic heterocycles. The Hall–Kier alpha value is -5.80. The normalized spacial score (nSPS) is 12.2. The summed E-state index contributed by atoms with van der Waals surface area (Å²) < 4.78 is 11.3. The largest absolute Gasteiger partial charge is 0.456 e. The van der Waals surface area contributed by atoms with Gasteiger partial charge in [-0.25, -0.2) is 0 Å². The van der Waals surface area contributed by atoms with Gasteiger partial charge in [0.25, 0.3) is 0 Å². The molecule has 0 bridgehead atoms. The van der Waals surface area contributed by atoms with Crippen molar-refractivity contribution in [3.05, 3.63) is 146 Å². The molecule has 200 valence electrons. The Balaban J connectivity index is 1.39. The molecular weight excluding hydrogens is 524 g/mol. The van der Waals surface area contributed by atoms with E-state index in [1.807, 2.05) is 0 Å². The Morgan fingerprint density at radius 1 is 0.372 bits per heavy atom. The summed E-state index contributed by atoms with van der Waals surface area (Å²) in [6.45, 7) is 0. The highest BCUT2D eigenvalue weighted by atomic mass is 16.3. The van der Waals surface area contributed by atoms with Crippen LogP contribution in [0.1, 0.15) is 0 Å². The molecule has 10 aromatic rings. The van der Waals surface area contributed by atoms with Crippen LogP contribution in [0.2, 0.25) is 0 Å². The lowest BCUT2D eigenvalue weighted by Gasteiger charge is -2.11. The second-order valence-corrected chi connectivity index (χ2v) is 11.4. The van der Waals surface area contributed by atoms with Crippen molar-refractivity contribution in [2.75, 3.05) is 0 Å². The van der Waals surface area contributed by atoms with E-state index in [-0.39, 0.29) is 0 Å². The van der Waals surface area contributed by atoms with Crippen molar-refractivity contribution in [2.45, 2.75) is 0 Å². The fraction of sp³-hybridized carbons (Fsp3) is 0. The number of nitrogens with zero attached hydrogens (tertiary/aromatic N) is 2. The molecule has 43 heavy (non-hydrogen) atoms. The first-order valence-corrected chi connectivity index (χ1v) is 14.7. The van der Waals surface area contributed by atoms with Gasteiger partial charge in [-0.05, 0) is 71.4 Å². The van der Waals surface area contributed by atoms with Crippen molar-refractivity contribution >= 4 is 76.3 Å². The standard InChI is InChI=1S/C40H24N2O/c1-2-13-27(14-3-1)41-33-17-8-6-15-28(33)30-23-31-29-16-7-9-18-34(29)42(37(31)24-36(30)41)35-19-10-20-38-40(35)32-21-25-11-4-5-12-26(25)22-39(32)43-38/h1-24H. The number of hydrogen-bond acceptors (Lipinski definition) is 1. The van der Waals surface area contributed by atoms with Crippen molar-refractivity contribution in [1.82, 2.24) is 9.13 Å². The number of benzene rings is 7. The molecule has 0 saturated carbocycles. The monoisotopic (exact) mass is 548 g/mol. The molecular formula is C40H24N2O. The highest BCUT2D eigenvalue weighted by Crippen LogP contribution is 2.42. The van der Waals surface area contributed by atoms with Crippen LogP contribution in [0.15, 0.2) is 150 Å². The second-order valence-electron chi connectivity index (χ2n) is 11.4. The van der Waals surface area contributed by atoms with E-state index >= 15 is 0 Å². The van der Waals surface area contributed by atoms with E-state index in [0.717, 1.165) is 33.3 Å². The van der Waals surface area contributed by atoms with E-state index in [1.54, 1.807) is 0 Å². The average molecular weight is 549 g/mol. The Bertz CT molecular complexity index is 2720. The molecule has 0 amide bonds. The quantitative estimate of drug-likeness (QED) is 0.211. The van der Waals surface area contributed by atoms with Gasteiger partial charge in [-0.2, -0.15) is 0 Å². The zero-order valence-corrected chi connectivity index (χ0v) is 23.2. The SMILES string of the molecule is c1ccc(-n2c3ccccc3c3cc4c5ccccc5n(-c5cccc6oc7cc8ccccc8cc7c56)c4cc32)cc1. The number of hydrogen-bond donors (Lipinski definition) is 0. The maximum atomic E-state index is 6.49. The molecule has 0 unspecified atom stereocenters. The van der Waals surface area contributed by atoms with Gasteiger partial charge in [0.15, 0.2) is 0 Å². The van der Waals surface area contributed by atoms with Crippen LogP contribution in [0.3, 0.4) is 0 Å². The summed E-state index contributed by atoms with van der Waals surface area (Å²) in [4.78, 5) is 0. The maximum Gasteiger partial charge on any atom is 0.137 e. The summed E-state index contributed by atoms with van der Waals surface area (Å²) in [6.07, 6.45) is 0. The molecule has 0 atom stereocenters. The van der Waals surface area contributed by atoms with Gasteiger partial charge in [-0.3, -0.25) is 0 Å². The van der Waals surface area contributed by atoms with Crippen molar-refractivity contribution in [3.8, 4) is 11.4 Å². The zero-order valence-electron chi connectivity index (χ0n) is 23.2. The third kappa shape index (κ3) is 3.08. The van der Waals surface area contributed by atoms with Crippen LogP contribution in [-0.2, 0) is 0 Å². The van der Waals surface area contributed by atoms with Crippen LogP contribution in [0.5, 0.6) is 0 Å². The van der Waals surface area contributed by atoms with Crippen LogP contribution < -0.4 is 0 Å². The minimum atomic E-state index is 0.896. The molecule has 3 nitrogen and oxygen atoms in total. The van der Waals surface area contributed by atoms with Crippen LogP contribution in [-0.4, -0.2) is 9.13 Å². The van der Waals surface area contributed by atoms with Gasteiger partial charge in [0, 0.05) is 32.6 Å². The molecule has 0 N–H and O–H groups in total. The molecule has 7 aromatic carbocycles. The van der Waals surface area contributed by atoms with Crippen molar-refractivity contribution in [3.63, 3.8) is 0 Å². The zero-order chi connectivity index (χ0) is 28.1. The minimum absolute atomic E-state index is 0.896. The van der Waals surface area contributed by atoms with Gasteiger partial charge < -0.3 is 13.6 Å². The molecule has 0 aliphatic rings. The summed E-state index contributed by atoms with van der Waals surface area (Å²) in [5.74, 6) is 0. The van der Waals surface area contributed by atoms with E-state index in [9.17, 15) is 0 Å². The van der Waals surface area contributed by atoms with Gasteiger partial charge in [-0.15, -0.1) is 0 Å². The van der Waals surface area contributed by atoms with Crippen molar-refractivity contribution in [1.29, 1.82) is 0 Å². The summed E-state index contributed by atoms with van der Waals surface area (Å²) in [7, 11) is 0. The Morgan fingerprint density at radius 2 is 1.00 bits per heavy atom. The van der Waals surface area contributed by atoms with Crippen LogP contribution in [0.4, 0.5) is 0 Å². The van der Waals surface area contributed by atoms with E-state index in [2.05, 4.69) is 155 Å². The predicted molar refractivity (Wildman–Crippen MR) is 180 cm³/mol. The average Bonchev–Trinajstić information content (AvgIpc) is 3.70. The number of para-hydroxylation sites is 3. The van der Waals surface area contributed by atoms with Crippen LogP contribution >= 0.6 is 0 Å². The Kier molecular flexibility index (Phi) is 4.45. The van der Waals surface area contributed by atoms with Gasteiger partial charge in [0.05, 0.1) is 33.1 Å². The summed E-state index contributed by atoms with van der Waals surface area (Å²) in [5, 5.41) is 9.67. The Morgan fingerprint density at radius 3 is 1.77 bits per heavy atom. The molecule has 0 radical (unpaired) electrons. The van der Waals surface area contributed by atoms with E-state index < -0.39 is 0 Å². The van der Waals surface area contributed by atoms with Crippen molar-refractivity contribution < 1.29 is 4.42 Å². The molecule has 0 saturated heterocycles. The molecule has 3 aromatic heterocycles. The molecule has 3 heteroatoms. The van der Waals surface area contributed by atoms with Gasteiger partial charge in [-0.1, -0.05) is 84.9 Å². The van der Waals surface area contributed by atoms with E-state index in [4.69, 9.17) is 4.42 Å². The maximum absolute atomic E-state index is 6.49. The molecule has 10 rings (SSSR count). The lowest BCUT2D eigenvalue weighted by atomic mass is 10.1. The topological polar surface area (TPSA) is 23.0 Å². The number of fused-ring (bicyclic) bond motifs is 10. The predicted octanol–water partition coefficient (Wildman–Crippen LogP) is 10.9. The van der Waals surface area contributed by atoms with Gasteiger partial charge in [0.1, 0.15) is 11.2 Å². The van der Waals surface area contributed by atoms with E-state index in [1.165, 1.54) is 54.4 Å². The molecule has 3 heterocycles. The first-order valence-electron chi connectivity index (χ1n) is 14.7. The fourth-order valence-corrected chi connectivity index (χ4v) is 7.23. The highest BCUT2D eigenvalue weighted by Gasteiger charge is 2.21. The second kappa shape index (κ2) is 8.37.